The molecule has 2 aliphatic rings. The van der Waals surface area contributed by atoms with Gasteiger partial charge in [-0.1, -0.05) is 6.07 Å². The van der Waals surface area contributed by atoms with E-state index in [1.807, 2.05) is 14.0 Å². The van der Waals surface area contributed by atoms with E-state index in [1.165, 1.54) is 0 Å². The van der Waals surface area contributed by atoms with Gasteiger partial charge in [0.25, 0.3) is 5.91 Å². The second-order valence-electron chi connectivity index (χ2n) is 6.79. The van der Waals surface area contributed by atoms with Gasteiger partial charge in [0.1, 0.15) is 12.4 Å². The number of carbonyl (C=O) groups excluding carboxylic acids is 2. The topological polar surface area (TPSA) is 91.3 Å². The quantitative estimate of drug-likeness (QED) is 0.615. The Labute approximate surface area is 152 Å². The van der Waals surface area contributed by atoms with Crippen LogP contribution < -0.4 is 10.2 Å². The van der Waals surface area contributed by atoms with Gasteiger partial charge in [0.15, 0.2) is 0 Å². The minimum atomic E-state index is -0.596. The number of nitrogens with zero attached hydrogens (tertiary/aromatic N) is 2. The van der Waals surface area contributed by atoms with Crippen LogP contribution in [0.2, 0.25) is 0 Å². The van der Waals surface area contributed by atoms with Crippen LogP contribution in [0.1, 0.15) is 35.7 Å². The lowest BCUT2D eigenvalue weighted by Gasteiger charge is -2.36. The lowest BCUT2D eigenvalue weighted by Crippen LogP contribution is -2.50. The van der Waals surface area contributed by atoms with Crippen molar-refractivity contribution in [3.05, 3.63) is 29.3 Å². The lowest BCUT2D eigenvalue weighted by molar-refractivity contribution is 0.0424. The fraction of sp³-hybridized carbons (Fsp3) is 0.556. The highest BCUT2D eigenvalue weighted by Crippen LogP contribution is 2.28. The van der Waals surface area contributed by atoms with Gasteiger partial charge in [0.05, 0.1) is 12.6 Å². The maximum Gasteiger partial charge on any atom is 0.320 e. The SMILES string of the molecule is C[C@H]1COc2cc(C(=O)NO)ccc2CN1C(=O)N(C)C1CCOCC1. The molecule has 0 unspecified atom stereocenters. The largest absolute Gasteiger partial charge is 0.491 e. The van der Waals surface area contributed by atoms with E-state index in [4.69, 9.17) is 14.7 Å². The first-order valence-electron chi connectivity index (χ1n) is 8.82. The number of rotatable bonds is 2. The molecule has 0 radical (unpaired) electrons. The molecular weight excluding hydrogens is 338 g/mol. The Morgan fingerprint density at radius 2 is 2.04 bits per heavy atom. The number of benzene rings is 1. The number of hydroxylamine groups is 1. The summed E-state index contributed by atoms with van der Waals surface area (Å²) < 4.78 is 11.2. The Morgan fingerprint density at radius 3 is 2.73 bits per heavy atom. The molecule has 142 valence electrons. The van der Waals surface area contributed by atoms with Crippen molar-refractivity contribution in [3.63, 3.8) is 0 Å². The molecule has 1 fully saturated rings. The van der Waals surface area contributed by atoms with Gasteiger partial charge in [0.2, 0.25) is 0 Å². The number of hydrogen-bond donors (Lipinski definition) is 2. The van der Waals surface area contributed by atoms with Crippen molar-refractivity contribution in [1.82, 2.24) is 15.3 Å². The van der Waals surface area contributed by atoms with Crippen molar-refractivity contribution in [1.29, 1.82) is 0 Å². The molecule has 0 saturated carbocycles. The van der Waals surface area contributed by atoms with Gasteiger partial charge in [-0.05, 0) is 31.9 Å². The predicted molar refractivity (Wildman–Crippen MR) is 93.2 cm³/mol. The van der Waals surface area contributed by atoms with Gasteiger partial charge in [-0.2, -0.15) is 0 Å². The van der Waals surface area contributed by atoms with Crippen LogP contribution in [0.5, 0.6) is 5.75 Å². The summed E-state index contributed by atoms with van der Waals surface area (Å²) in [6.45, 7) is 4.05. The average Bonchev–Trinajstić information content (AvgIpc) is 2.85. The molecule has 0 spiro atoms. The number of carbonyl (C=O) groups is 2. The summed E-state index contributed by atoms with van der Waals surface area (Å²) in [7, 11) is 1.84. The molecule has 8 heteroatoms. The van der Waals surface area contributed by atoms with E-state index in [0.717, 1.165) is 18.4 Å². The first-order valence-corrected chi connectivity index (χ1v) is 8.82. The summed E-state index contributed by atoms with van der Waals surface area (Å²) in [6, 6.07) is 5.00. The second-order valence-corrected chi connectivity index (χ2v) is 6.79. The van der Waals surface area contributed by atoms with Gasteiger partial charge in [-0.3, -0.25) is 10.0 Å². The molecule has 1 saturated heterocycles. The van der Waals surface area contributed by atoms with Crippen LogP contribution in [0.25, 0.3) is 0 Å². The molecule has 2 N–H and O–H groups in total. The molecule has 3 rings (SSSR count). The van der Waals surface area contributed by atoms with Gasteiger partial charge < -0.3 is 19.3 Å². The smallest absolute Gasteiger partial charge is 0.320 e. The molecule has 0 aromatic heterocycles. The van der Waals surface area contributed by atoms with E-state index < -0.39 is 5.91 Å². The van der Waals surface area contributed by atoms with E-state index in [9.17, 15) is 9.59 Å². The van der Waals surface area contributed by atoms with E-state index in [1.54, 1.807) is 33.5 Å². The molecule has 26 heavy (non-hydrogen) atoms. The van der Waals surface area contributed by atoms with Crippen LogP contribution in [0.15, 0.2) is 18.2 Å². The highest BCUT2D eigenvalue weighted by Gasteiger charge is 2.31. The molecular formula is C18H25N3O5. The first kappa shape index (κ1) is 18.5. The van der Waals surface area contributed by atoms with Crippen LogP contribution in [-0.4, -0.2) is 65.9 Å². The predicted octanol–water partition coefficient (Wildman–Crippen LogP) is 1.62. The maximum atomic E-state index is 13.1. The minimum absolute atomic E-state index is 0.0296. The molecule has 2 heterocycles. The van der Waals surface area contributed by atoms with Crippen LogP contribution >= 0.6 is 0 Å². The molecule has 8 nitrogen and oxygen atoms in total. The monoisotopic (exact) mass is 363 g/mol. The van der Waals surface area contributed by atoms with Crippen LogP contribution in [0, 0.1) is 0 Å². The highest BCUT2D eigenvalue weighted by atomic mass is 16.5. The van der Waals surface area contributed by atoms with Gasteiger partial charge in [-0.15, -0.1) is 0 Å². The Morgan fingerprint density at radius 1 is 1.31 bits per heavy atom. The molecule has 1 aromatic carbocycles. The molecule has 1 aromatic rings. The number of hydrogen-bond acceptors (Lipinski definition) is 5. The van der Waals surface area contributed by atoms with Crippen molar-refractivity contribution in [2.75, 3.05) is 26.9 Å². The lowest BCUT2D eigenvalue weighted by atomic mass is 10.1. The Hall–Kier alpha value is -2.32. The molecule has 2 aliphatic heterocycles. The summed E-state index contributed by atoms with van der Waals surface area (Å²) in [5.74, 6) is -0.0390. The number of amides is 3. The summed E-state index contributed by atoms with van der Waals surface area (Å²) in [5.41, 5.74) is 2.75. The third-order valence-corrected chi connectivity index (χ3v) is 5.07. The average molecular weight is 363 g/mol. The van der Waals surface area contributed by atoms with Crippen LogP contribution in [0.3, 0.4) is 0 Å². The summed E-state index contributed by atoms with van der Waals surface area (Å²) >= 11 is 0. The first-order chi connectivity index (χ1) is 12.5. The van der Waals surface area contributed by atoms with E-state index in [-0.39, 0.29) is 18.1 Å². The minimum Gasteiger partial charge on any atom is -0.491 e. The van der Waals surface area contributed by atoms with E-state index >= 15 is 0 Å². The second kappa shape index (κ2) is 7.92. The number of nitrogens with one attached hydrogen (secondary N) is 1. The Balaban J connectivity index is 1.78. The third kappa shape index (κ3) is 3.76. The third-order valence-electron chi connectivity index (χ3n) is 5.07. The Kier molecular flexibility index (Phi) is 5.63. The van der Waals surface area contributed by atoms with Crippen molar-refractivity contribution in [2.45, 2.75) is 38.4 Å². The van der Waals surface area contributed by atoms with Gasteiger partial charge >= 0.3 is 6.03 Å². The fourth-order valence-electron chi connectivity index (χ4n) is 3.35. The highest BCUT2D eigenvalue weighted by molar-refractivity contribution is 5.93. The normalized spacial score (nSPS) is 20.6. The number of fused-ring (bicyclic) bond motifs is 1. The maximum absolute atomic E-state index is 13.1. The standard InChI is InChI=1S/C18H25N3O5/c1-12-11-26-16-9-13(17(22)19-24)3-4-14(16)10-21(12)18(23)20(2)15-5-7-25-8-6-15/h3-4,9,12,15,24H,5-8,10-11H2,1-2H3,(H,19,22)/t12-/m0/s1. The number of urea groups is 1. The molecule has 0 aliphatic carbocycles. The van der Waals surface area contributed by atoms with Crippen molar-refractivity contribution in [3.8, 4) is 5.75 Å². The van der Waals surface area contributed by atoms with Crippen LogP contribution in [0.4, 0.5) is 4.79 Å². The van der Waals surface area contributed by atoms with Crippen molar-refractivity contribution in [2.24, 2.45) is 0 Å². The van der Waals surface area contributed by atoms with Gasteiger partial charge in [-0.25, -0.2) is 10.3 Å². The zero-order chi connectivity index (χ0) is 18.7. The van der Waals surface area contributed by atoms with Gasteiger partial charge in [0, 0.05) is 37.4 Å². The van der Waals surface area contributed by atoms with Crippen molar-refractivity contribution >= 4 is 11.9 Å². The zero-order valence-electron chi connectivity index (χ0n) is 15.1. The fourth-order valence-corrected chi connectivity index (χ4v) is 3.35. The summed E-state index contributed by atoms with van der Waals surface area (Å²) in [6.07, 6.45) is 1.69. The van der Waals surface area contributed by atoms with Crippen LogP contribution in [-0.2, 0) is 11.3 Å². The van der Waals surface area contributed by atoms with E-state index in [2.05, 4.69) is 0 Å². The van der Waals surface area contributed by atoms with E-state index in [0.29, 0.717) is 37.7 Å². The summed E-state index contributed by atoms with van der Waals surface area (Å²) in [5, 5.41) is 8.78. The Bertz CT molecular complexity index is 675. The summed E-state index contributed by atoms with van der Waals surface area (Å²) in [4.78, 5) is 28.2. The number of ether oxygens (including phenoxy) is 2. The molecule has 1 atom stereocenters. The molecule has 0 bridgehead atoms. The molecule has 3 amide bonds. The van der Waals surface area contributed by atoms with Crippen molar-refractivity contribution < 1.29 is 24.3 Å². The zero-order valence-corrected chi connectivity index (χ0v) is 15.1.